The highest BCUT2D eigenvalue weighted by Gasteiger charge is 2.35. The lowest BCUT2D eigenvalue weighted by atomic mass is 10.1. The molecule has 8 nitrogen and oxygen atoms in total. The van der Waals surface area contributed by atoms with Crippen LogP contribution in [0.3, 0.4) is 0 Å². The molecule has 0 saturated carbocycles. The van der Waals surface area contributed by atoms with Gasteiger partial charge in [-0.15, -0.1) is 0 Å². The van der Waals surface area contributed by atoms with Gasteiger partial charge in [0, 0.05) is 29.9 Å². The Hall–Kier alpha value is -3.34. The van der Waals surface area contributed by atoms with Crippen LogP contribution in [0.15, 0.2) is 43.2 Å². The lowest BCUT2D eigenvalue weighted by Gasteiger charge is -2.26. The Bertz CT molecular complexity index is 1200. The number of aromatic nitrogens is 7. The number of alkyl halides is 3. The first-order valence-corrected chi connectivity index (χ1v) is 9.06. The highest BCUT2D eigenvalue weighted by molar-refractivity contribution is 6.31. The van der Waals surface area contributed by atoms with E-state index in [1.54, 1.807) is 30.4 Å². The van der Waals surface area contributed by atoms with Crippen LogP contribution < -0.4 is 4.90 Å². The van der Waals surface area contributed by atoms with E-state index in [0.717, 1.165) is 12.4 Å². The van der Waals surface area contributed by atoms with Crippen molar-refractivity contribution < 1.29 is 13.2 Å². The number of anilines is 1. The van der Waals surface area contributed by atoms with E-state index < -0.39 is 17.8 Å². The number of hydrogen-bond acceptors (Lipinski definition) is 7. The zero-order chi connectivity index (χ0) is 21.5. The molecule has 0 aliphatic heterocycles. The SMILES string of the molecule is C[C@@H](c1ncnn1-c1ncccn1)N(C)c1ncnc2c(C(F)(F)F)cc(Cl)cc12. The van der Waals surface area contributed by atoms with Crippen molar-refractivity contribution in [3.63, 3.8) is 0 Å². The van der Waals surface area contributed by atoms with Crippen LogP contribution in [0.25, 0.3) is 16.9 Å². The molecule has 4 rings (SSSR count). The van der Waals surface area contributed by atoms with Gasteiger partial charge in [-0.1, -0.05) is 11.6 Å². The van der Waals surface area contributed by atoms with E-state index in [2.05, 4.69) is 30.0 Å². The Balaban J connectivity index is 1.81. The van der Waals surface area contributed by atoms with Crippen molar-refractivity contribution in [1.82, 2.24) is 34.7 Å². The second-order valence-corrected chi connectivity index (χ2v) is 6.85. The van der Waals surface area contributed by atoms with Crippen molar-refractivity contribution in [2.75, 3.05) is 11.9 Å². The summed E-state index contributed by atoms with van der Waals surface area (Å²) in [6.07, 6.45) is 0.979. The van der Waals surface area contributed by atoms with Crippen molar-refractivity contribution in [3.05, 3.63) is 59.7 Å². The third kappa shape index (κ3) is 3.52. The lowest BCUT2D eigenvalue weighted by Crippen LogP contribution is -2.26. The van der Waals surface area contributed by atoms with Crippen LogP contribution in [-0.4, -0.2) is 41.7 Å². The average molecular weight is 435 g/mol. The third-order valence-corrected chi connectivity index (χ3v) is 4.81. The molecule has 0 unspecified atom stereocenters. The largest absolute Gasteiger partial charge is 0.418 e. The van der Waals surface area contributed by atoms with E-state index in [-0.39, 0.29) is 21.7 Å². The van der Waals surface area contributed by atoms with E-state index in [1.807, 2.05) is 6.92 Å². The Morgan fingerprint density at radius 1 is 1.03 bits per heavy atom. The van der Waals surface area contributed by atoms with Crippen molar-refractivity contribution in [3.8, 4) is 5.95 Å². The maximum Gasteiger partial charge on any atom is 0.418 e. The quantitative estimate of drug-likeness (QED) is 0.482. The first-order chi connectivity index (χ1) is 14.3. The van der Waals surface area contributed by atoms with Gasteiger partial charge in [0.1, 0.15) is 18.5 Å². The van der Waals surface area contributed by atoms with Gasteiger partial charge in [-0.3, -0.25) is 0 Å². The minimum Gasteiger partial charge on any atom is -0.349 e. The summed E-state index contributed by atoms with van der Waals surface area (Å²) in [5, 5.41) is 4.27. The van der Waals surface area contributed by atoms with E-state index in [0.29, 0.717) is 11.8 Å². The van der Waals surface area contributed by atoms with Crippen LogP contribution in [0.2, 0.25) is 5.02 Å². The fourth-order valence-electron chi connectivity index (χ4n) is 3.06. The molecular formula is C18H14ClF3N8. The molecule has 30 heavy (non-hydrogen) atoms. The van der Waals surface area contributed by atoms with Gasteiger partial charge >= 0.3 is 6.18 Å². The molecule has 154 valence electrons. The summed E-state index contributed by atoms with van der Waals surface area (Å²) >= 11 is 5.97. The van der Waals surface area contributed by atoms with Crippen LogP contribution in [-0.2, 0) is 6.18 Å². The first-order valence-electron chi connectivity index (χ1n) is 8.69. The molecule has 0 saturated heterocycles. The molecule has 4 aromatic rings. The maximum atomic E-state index is 13.5. The van der Waals surface area contributed by atoms with Crippen LogP contribution in [0.4, 0.5) is 19.0 Å². The van der Waals surface area contributed by atoms with Gasteiger partial charge < -0.3 is 4.90 Å². The topological polar surface area (TPSA) is 85.5 Å². The van der Waals surface area contributed by atoms with Gasteiger partial charge in [0.2, 0.25) is 0 Å². The highest BCUT2D eigenvalue weighted by Crippen LogP contribution is 2.39. The summed E-state index contributed by atoms with van der Waals surface area (Å²) in [5.74, 6) is 1.07. The molecule has 0 bridgehead atoms. The monoisotopic (exact) mass is 434 g/mol. The number of halogens is 4. The summed E-state index contributed by atoms with van der Waals surface area (Å²) in [6, 6.07) is 3.50. The lowest BCUT2D eigenvalue weighted by molar-refractivity contribution is -0.136. The third-order valence-electron chi connectivity index (χ3n) is 4.59. The minimum atomic E-state index is -4.61. The molecule has 3 heterocycles. The van der Waals surface area contributed by atoms with Gasteiger partial charge in [0.25, 0.3) is 5.95 Å². The number of nitrogens with zero attached hydrogens (tertiary/aromatic N) is 8. The second kappa shape index (κ2) is 7.48. The average Bonchev–Trinajstić information content (AvgIpc) is 3.21. The van der Waals surface area contributed by atoms with Crippen LogP contribution >= 0.6 is 11.6 Å². The Labute approximate surface area is 173 Å². The van der Waals surface area contributed by atoms with E-state index >= 15 is 0 Å². The summed E-state index contributed by atoms with van der Waals surface area (Å²) < 4.78 is 41.9. The van der Waals surface area contributed by atoms with Crippen LogP contribution in [0.1, 0.15) is 24.4 Å². The smallest absolute Gasteiger partial charge is 0.349 e. The Morgan fingerprint density at radius 2 is 1.77 bits per heavy atom. The fraction of sp³-hybridized carbons (Fsp3) is 0.222. The van der Waals surface area contributed by atoms with Crippen molar-refractivity contribution >= 4 is 28.3 Å². The molecule has 0 aliphatic carbocycles. The minimum absolute atomic E-state index is 0.0622. The molecule has 0 radical (unpaired) electrons. The number of benzene rings is 1. The molecule has 3 aromatic heterocycles. The number of hydrogen-bond donors (Lipinski definition) is 0. The molecule has 1 atom stereocenters. The molecule has 12 heteroatoms. The van der Waals surface area contributed by atoms with Gasteiger partial charge in [-0.05, 0) is 25.1 Å². The summed E-state index contributed by atoms with van der Waals surface area (Å²) in [5.41, 5.74) is -1.15. The fourth-order valence-corrected chi connectivity index (χ4v) is 3.28. The zero-order valence-corrected chi connectivity index (χ0v) is 16.5. The Kier molecular flexibility index (Phi) is 4.98. The van der Waals surface area contributed by atoms with Crippen molar-refractivity contribution in [2.24, 2.45) is 0 Å². The first kappa shape index (κ1) is 20.0. The molecule has 1 aromatic carbocycles. The van der Waals surface area contributed by atoms with Gasteiger partial charge in [0.05, 0.1) is 17.1 Å². The summed E-state index contributed by atoms with van der Waals surface area (Å²) in [7, 11) is 1.69. The number of rotatable bonds is 4. The molecule has 0 amide bonds. The van der Waals surface area contributed by atoms with Crippen LogP contribution in [0.5, 0.6) is 0 Å². The molecular weight excluding hydrogens is 421 g/mol. The van der Waals surface area contributed by atoms with E-state index in [1.165, 1.54) is 17.1 Å². The Morgan fingerprint density at radius 3 is 2.47 bits per heavy atom. The van der Waals surface area contributed by atoms with Gasteiger partial charge in [-0.25, -0.2) is 24.9 Å². The van der Waals surface area contributed by atoms with Crippen LogP contribution in [0, 0.1) is 0 Å². The summed E-state index contributed by atoms with van der Waals surface area (Å²) in [6.45, 7) is 1.81. The molecule has 0 aliphatic rings. The number of fused-ring (bicyclic) bond motifs is 1. The predicted molar refractivity (Wildman–Crippen MR) is 103 cm³/mol. The van der Waals surface area contributed by atoms with Crippen molar-refractivity contribution in [1.29, 1.82) is 0 Å². The normalized spacial score (nSPS) is 12.9. The van der Waals surface area contributed by atoms with E-state index in [9.17, 15) is 13.2 Å². The molecule has 0 spiro atoms. The predicted octanol–water partition coefficient (Wildman–Crippen LogP) is 3.87. The molecule has 0 N–H and O–H groups in total. The second-order valence-electron chi connectivity index (χ2n) is 6.41. The standard InChI is InChI=1S/C18H14ClF3N8/c1-10(15-27-9-28-30(15)17-23-4-3-5-24-17)29(2)16-12-6-11(19)7-13(18(20,21)22)14(12)25-8-26-16/h3-10H,1-2H3/t10-/m0/s1. The van der Waals surface area contributed by atoms with Gasteiger partial charge in [0.15, 0.2) is 5.82 Å². The van der Waals surface area contributed by atoms with Crippen molar-refractivity contribution in [2.45, 2.75) is 19.1 Å². The highest BCUT2D eigenvalue weighted by atomic mass is 35.5. The maximum absolute atomic E-state index is 13.5. The summed E-state index contributed by atoms with van der Waals surface area (Å²) in [4.78, 5) is 22.3. The zero-order valence-electron chi connectivity index (χ0n) is 15.7. The van der Waals surface area contributed by atoms with E-state index in [4.69, 9.17) is 11.6 Å². The molecule has 0 fully saturated rings. The van der Waals surface area contributed by atoms with Gasteiger partial charge in [-0.2, -0.15) is 23.0 Å².